The van der Waals surface area contributed by atoms with Crippen LogP contribution in [0.1, 0.15) is 48.3 Å². The number of anilines is 2. The Morgan fingerprint density at radius 2 is 0.930 bits per heavy atom. The van der Waals surface area contributed by atoms with E-state index in [9.17, 15) is 63.6 Å². The van der Waals surface area contributed by atoms with Crippen molar-refractivity contribution < 1.29 is 80.8 Å². The van der Waals surface area contributed by atoms with Crippen molar-refractivity contribution in [3.63, 3.8) is 0 Å². The normalized spacial score (nSPS) is 19.6. The summed E-state index contributed by atoms with van der Waals surface area (Å²) in [6.07, 6.45) is 4.05. The van der Waals surface area contributed by atoms with Crippen LogP contribution in [0.2, 0.25) is 0 Å². The van der Waals surface area contributed by atoms with E-state index in [-0.39, 0.29) is 80.8 Å². The molecule has 2 aliphatic heterocycles. The van der Waals surface area contributed by atoms with E-state index in [1.165, 1.54) is 9.13 Å². The van der Waals surface area contributed by atoms with E-state index in [1.807, 2.05) is 0 Å². The molecule has 35 heteroatoms. The summed E-state index contributed by atoms with van der Waals surface area (Å²) in [5, 5.41) is 47.3. The number of imidazole rings is 2. The molecule has 8 aromatic rings. The smallest absolute Gasteiger partial charge is 0.430 e. The minimum atomic E-state index is -2.24. The molecule has 2 aliphatic rings. The molecule has 6 atom stereocenters. The lowest BCUT2D eigenvalue weighted by atomic mass is 9.81. The number of nitrogens with two attached hydrogens (primary N) is 2. The van der Waals surface area contributed by atoms with Gasteiger partial charge in [-0.25, -0.2) is 24.4 Å². The van der Waals surface area contributed by atoms with Gasteiger partial charge in [-0.1, -0.05) is 11.8 Å². The van der Waals surface area contributed by atoms with Gasteiger partial charge in [0.05, 0.1) is 32.3 Å². The number of carbonyl (C=O) groups excluding carboxylic acids is 3. The monoisotopic (exact) mass is 1180 g/mol. The molecule has 2 fully saturated rings. The van der Waals surface area contributed by atoms with Crippen molar-refractivity contribution >= 4 is 75.2 Å². The third kappa shape index (κ3) is 11.2. The Bertz CT molecular complexity index is 3950. The lowest BCUT2D eigenvalue weighted by Crippen LogP contribution is -2.39. The van der Waals surface area contributed by atoms with Crippen molar-refractivity contribution in [3.05, 3.63) is 161 Å². The van der Waals surface area contributed by atoms with Gasteiger partial charge >= 0.3 is 30.6 Å². The number of aromatic nitrogens is 8. The highest BCUT2D eigenvalue weighted by Gasteiger charge is 2.54. The number of terminal acetylenes is 2. The van der Waals surface area contributed by atoms with Crippen LogP contribution in [0, 0.1) is 77.3 Å². The number of hydrogen-bond donors (Lipinski definition) is 2. The minimum Gasteiger partial charge on any atom is -0.430 e. The molecule has 4 aromatic carbocycles. The van der Waals surface area contributed by atoms with Crippen molar-refractivity contribution in [1.82, 2.24) is 39.0 Å². The Morgan fingerprint density at radius 1 is 0.570 bits per heavy atom. The summed E-state index contributed by atoms with van der Waals surface area (Å²) in [6.45, 7) is -1.89. The molecule has 4 aromatic heterocycles. The molecule has 0 saturated carbocycles. The standard InChI is InChI=1S/C51H34F2N14O19/c1-3-50(21-79-47(68)81-29-11-5-25(6-12-29)64(71)72)33(19-37(85-50)62-23-56-39-41(54)58-45(52)60-43(39)62)31-17-27(66(75)76)9-15-35(31)83-49(70)84-36-16-10-28(67(77)78)18-32(36)34-20-38(63-24-57-40-42(55)59-46(53)61-44(40)63)86-51(34,4-2)22-80-48(69)82-30-13-7-26(8-14-30)65(73)74/h1-2,5-18,23-24,33-34,37-38H,19-22H2,(H2,54,58,60)(H2,55,59,61). The maximum Gasteiger partial charge on any atom is 0.519 e. The van der Waals surface area contributed by atoms with Gasteiger partial charge < -0.3 is 49.4 Å². The number of hydrogen-bond acceptors (Lipinski definition) is 27. The number of nitrogen functional groups attached to an aromatic ring is 2. The second kappa shape index (κ2) is 22.7. The predicted octanol–water partition coefficient (Wildman–Crippen LogP) is 7.20. The fourth-order valence-electron chi connectivity index (χ4n) is 9.58. The Balaban J connectivity index is 1.00. The Hall–Kier alpha value is -12.1. The number of nitro benzene ring substituents is 4. The molecule has 2 saturated heterocycles. The molecule has 436 valence electrons. The molecule has 6 heterocycles. The highest BCUT2D eigenvalue weighted by atomic mass is 19.1. The fourth-order valence-corrected chi connectivity index (χ4v) is 9.58. The van der Waals surface area contributed by atoms with Gasteiger partial charge in [0, 0.05) is 84.3 Å². The van der Waals surface area contributed by atoms with Gasteiger partial charge in [0.1, 0.15) is 48.7 Å². The summed E-state index contributed by atoms with van der Waals surface area (Å²) >= 11 is 0. The summed E-state index contributed by atoms with van der Waals surface area (Å²) in [4.78, 5) is 108. The van der Waals surface area contributed by atoms with Crippen molar-refractivity contribution in [1.29, 1.82) is 0 Å². The lowest BCUT2D eigenvalue weighted by Gasteiger charge is -2.30. The molecular formula is C51H34F2N14O19. The molecule has 10 rings (SSSR count). The third-order valence-corrected chi connectivity index (χ3v) is 13.5. The molecule has 0 spiro atoms. The van der Waals surface area contributed by atoms with E-state index in [0.29, 0.717) is 0 Å². The second-order valence-corrected chi connectivity index (χ2v) is 18.4. The average molecular weight is 1180 g/mol. The van der Waals surface area contributed by atoms with Crippen LogP contribution in [0.15, 0.2) is 97.6 Å². The minimum absolute atomic E-state index is 0.0975. The van der Waals surface area contributed by atoms with E-state index < -0.39 is 122 Å². The van der Waals surface area contributed by atoms with Crippen molar-refractivity contribution in [2.75, 3.05) is 24.7 Å². The highest BCUT2D eigenvalue weighted by Crippen LogP contribution is 2.53. The zero-order valence-electron chi connectivity index (χ0n) is 43.1. The zero-order valence-corrected chi connectivity index (χ0v) is 43.1. The lowest BCUT2D eigenvalue weighted by molar-refractivity contribution is -0.385. The summed E-state index contributed by atoms with van der Waals surface area (Å²) in [5.74, 6) is -0.323. The molecule has 86 heavy (non-hydrogen) atoms. The number of fused-ring (bicyclic) bond motifs is 2. The third-order valence-electron chi connectivity index (χ3n) is 13.5. The maximum atomic E-state index is 14.7. The number of ether oxygens (including phenoxy) is 8. The van der Waals surface area contributed by atoms with Crippen LogP contribution in [0.3, 0.4) is 0 Å². The topological polar surface area (TPSA) is 437 Å². The van der Waals surface area contributed by atoms with Crippen molar-refractivity contribution in [2.45, 2.75) is 48.3 Å². The quantitative estimate of drug-likeness (QED) is 0.0241. The van der Waals surface area contributed by atoms with Crippen molar-refractivity contribution in [3.8, 4) is 47.7 Å². The van der Waals surface area contributed by atoms with Crippen LogP contribution in [0.4, 0.5) is 57.5 Å². The molecule has 0 amide bonds. The first-order chi connectivity index (χ1) is 41.1. The van der Waals surface area contributed by atoms with E-state index in [2.05, 4.69) is 41.7 Å². The van der Waals surface area contributed by atoms with Gasteiger partial charge in [-0.2, -0.15) is 28.7 Å². The number of nitrogens with zero attached hydrogens (tertiary/aromatic N) is 12. The molecule has 33 nitrogen and oxygen atoms in total. The van der Waals surface area contributed by atoms with E-state index in [0.717, 1.165) is 97.6 Å². The molecule has 4 N–H and O–H groups in total. The van der Waals surface area contributed by atoms with Crippen LogP contribution in [-0.2, 0) is 18.9 Å². The first-order valence-corrected chi connectivity index (χ1v) is 24.3. The van der Waals surface area contributed by atoms with Crippen LogP contribution in [0.5, 0.6) is 23.0 Å². The van der Waals surface area contributed by atoms with Crippen molar-refractivity contribution in [2.24, 2.45) is 0 Å². The molecule has 0 bridgehead atoms. The van der Waals surface area contributed by atoms with Crippen LogP contribution < -0.4 is 30.4 Å². The number of halogens is 2. The first-order valence-electron chi connectivity index (χ1n) is 24.3. The molecule has 0 radical (unpaired) electrons. The summed E-state index contributed by atoms with van der Waals surface area (Å²) in [5.41, 5.74) is 4.22. The number of benzene rings is 4. The molecule has 6 unspecified atom stereocenters. The van der Waals surface area contributed by atoms with Crippen LogP contribution in [-0.4, -0.2) is 102 Å². The largest absolute Gasteiger partial charge is 0.519 e. The van der Waals surface area contributed by atoms with Crippen LogP contribution in [0.25, 0.3) is 22.3 Å². The first kappa shape index (κ1) is 57.1. The van der Waals surface area contributed by atoms with Gasteiger partial charge in [-0.3, -0.25) is 49.6 Å². The Labute approximate surface area is 475 Å². The summed E-state index contributed by atoms with van der Waals surface area (Å²) < 4.78 is 77.4. The van der Waals surface area contributed by atoms with Gasteiger partial charge in [-0.05, 0) is 36.4 Å². The van der Waals surface area contributed by atoms with Gasteiger partial charge in [-0.15, -0.1) is 12.8 Å². The molecule has 0 aliphatic carbocycles. The predicted molar refractivity (Wildman–Crippen MR) is 280 cm³/mol. The number of carbonyl (C=O) groups is 3. The average Bonchev–Trinajstić information content (AvgIpc) is 4.46. The number of non-ortho nitro benzene ring substituents is 4. The Kier molecular flexibility index (Phi) is 15.1. The SMILES string of the molecule is C#CC1(COC(=O)Oc2ccc([N+](=O)[O-])cc2)OC(n2cnc3c(N)nc(F)nc32)CC1c1cc([N+](=O)[O-])ccc1OC(=O)Oc1ccc([N+](=O)[O-])cc1C1CC(n2cnc3c(N)nc(F)nc32)OC1(C#C)COC(=O)Oc1ccc([N+](=O)[O-])cc1. The van der Waals surface area contributed by atoms with Gasteiger partial charge in [0.15, 0.2) is 45.2 Å². The number of rotatable bonds is 16. The van der Waals surface area contributed by atoms with Gasteiger partial charge in [0.25, 0.3) is 22.7 Å². The number of nitro groups is 4. The second-order valence-electron chi connectivity index (χ2n) is 18.4. The van der Waals surface area contributed by atoms with Crippen LogP contribution >= 0.6 is 0 Å². The van der Waals surface area contributed by atoms with E-state index in [1.54, 1.807) is 0 Å². The zero-order chi connectivity index (χ0) is 61.4. The molecular weight excluding hydrogens is 1150 g/mol. The maximum absolute atomic E-state index is 14.7. The Morgan fingerprint density at radius 3 is 1.28 bits per heavy atom. The summed E-state index contributed by atoms with van der Waals surface area (Å²) in [7, 11) is 0. The fraction of sp³-hybridized carbons (Fsp3) is 0.196. The van der Waals surface area contributed by atoms with E-state index in [4.69, 9.17) is 62.2 Å². The van der Waals surface area contributed by atoms with E-state index >= 15 is 0 Å². The summed E-state index contributed by atoms with van der Waals surface area (Å²) in [6, 6.07) is 14.2. The van der Waals surface area contributed by atoms with Gasteiger partial charge in [0.2, 0.25) is 0 Å². The highest BCUT2D eigenvalue weighted by molar-refractivity contribution is 5.82.